The number of hydrogen-bond donors (Lipinski definition) is 1. The Balaban J connectivity index is 2.96. The van der Waals surface area contributed by atoms with Crippen molar-refractivity contribution in [3.8, 4) is 0 Å². The van der Waals surface area contributed by atoms with Gasteiger partial charge in [-0.2, -0.15) is 0 Å². The molecule has 1 rings (SSSR count). The summed E-state index contributed by atoms with van der Waals surface area (Å²) in [7, 11) is 0. The average molecular weight is 295 g/mol. The maximum absolute atomic E-state index is 13.5. The van der Waals surface area contributed by atoms with Crippen LogP contribution in [0.1, 0.15) is 53.0 Å². The minimum atomic E-state index is -0.266. The van der Waals surface area contributed by atoms with Crippen molar-refractivity contribution in [2.75, 3.05) is 18.0 Å². The van der Waals surface area contributed by atoms with Gasteiger partial charge in [-0.3, -0.25) is 0 Å². The highest BCUT2D eigenvalue weighted by molar-refractivity contribution is 5.47. The predicted molar refractivity (Wildman–Crippen MR) is 88.1 cm³/mol. The monoisotopic (exact) mass is 295 g/mol. The van der Waals surface area contributed by atoms with Crippen LogP contribution in [-0.2, 0) is 6.54 Å². The molecule has 0 bridgehead atoms. The first kappa shape index (κ1) is 17.9. The Hall–Kier alpha value is -1.16. The van der Waals surface area contributed by atoms with Crippen LogP contribution in [-0.4, -0.2) is 24.1 Å². The van der Waals surface area contributed by atoms with Gasteiger partial charge >= 0.3 is 0 Å². The van der Waals surface area contributed by atoms with Gasteiger partial charge in [-0.15, -0.1) is 0 Å². The van der Waals surface area contributed by atoms with Crippen LogP contribution < -0.4 is 10.2 Å². The molecule has 0 amide bonds. The van der Waals surface area contributed by atoms with Crippen molar-refractivity contribution < 1.29 is 4.39 Å². The Morgan fingerprint density at radius 2 is 1.90 bits per heavy atom. The Morgan fingerprint density at radius 1 is 1.24 bits per heavy atom. The molecule has 0 saturated heterocycles. The van der Waals surface area contributed by atoms with Gasteiger partial charge in [0.2, 0.25) is 0 Å². The molecule has 0 aromatic carbocycles. The molecular formula is C17H30FN3. The van der Waals surface area contributed by atoms with Crippen LogP contribution >= 0.6 is 0 Å². The lowest BCUT2D eigenvalue weighted by atomic mass is 10.0. The fourth-order valence-electron chi connectivity index (χ4n) is 2.43. The number of nitrogens with zero attached hydrogens (tertiary/aromatic N) is 2. The van der Waals surface area contributed by atoms with Crippen molar-refractivity contribution in [2.45, 2.75) is 60.0 Å². The van der Waals surface area contributed by atoms with Crippen LogP contribution in [0.3, 0.4) is 0 Å². The van der Waals surface area contributed by atoms with Gasteiger partial charge in [-0.25, -0.2) is 9.37 Å². The molecule has 1 aromatic heterocycles. The van der Waals surface area contributed by atoms with Gasteiger partial charge in [0, 0.05) is 31.2 Å². The van der Waals surface area contributed by atoms with Gasteiger partial charge in [0.25, 0.3) is 0 Å². The molecule has 3 nitrogen and oxygen atoms in total. The third-order valence-corrected chi connectivity index (χ3v) is 3.92. The molecule has 0 aliphatic rings. The number of aromatic nitrogens is 1. The third kappa shape index (κ3) is 5.62. The number of nitrogens with one attached hydrogen (secondary N) is 1. The van der Waals surface area contributed by atoms with E-state index in [0.717, 1.165) is 37.3 Å². The van der Waals surface area contributed by atoms with E-state index in [-0.39, 0.29) is 5.82 Å². The molecule has 0 spiro atoms. The number of rotatable bonds is 9. The molecule has 21 heavy (non-hydrogen) atoms. The molecule has 0 fully saturated rings. The van der Waals surface area contributed by atoms with E-state index in [1.165, 1.54) is 6.20 Å². The van der Waals surface area contributed by atoms with Gasteiger partial charge in [0.1, 0.15) is 11.6 Å². The van der Waals surface area contributed by atoms with E-state index in [9.17, 15) is 4.39 Å². The fraction of sp³-hybridized carbons (Fsp3) is 0.706. The molecule has 0 atom stereocenters. The highest BCUT2D eigenvalue weighted by Gasteiger charge is 2.16. The topological polar surface area (TPSA) is 28.2 Å². The number of pyridine rings is 1. The van der Waals surface area contributed by atoms with Crippen LogP contribution in [0, 0.1) is 11.7 Å². The van der Waals surface area contributed by atoms with Crippen molar-refractivity contribution in [3.05, 3.63) is 23.6 Å². The molecule has 1 N–H and O–H groups in total. The smallest absolute Gasteiger partial charge is 0.141 e. The highest BCUT2D eigenvalue weighted by Crippen LogP contribution is 2.21. The zero-order valence-corrected chi connectivity index (χ0v) is 14.1. The van der Waals surface area contributed by atoms with E-state index in [1.54, 1.807) is 6.07 Å². The molecule has 120 valence electrons. The first-order chi connectivity index (χ1) is 10.0. The Kier molecular flexibility index (Phi) is 7.65. The van der Waals surface area contributed by atoms with Gasteiger partial charge in [-0.1, -0.05) is 40.5 Å². The first-order valence-electron chi connectivity index (χ1n) is 8.14. The molecular weight excluding hydrogens is 265 g/mol. The zero-order chi connectivity index (χ0) is 15.8. The summed E-state index contributed by atoms with van der Waals surface area (Å²) in [5, 5.41) is 3.36. The number of hydrogen-bond acceptors (Lipinski definition) is 3. The predicted octanol–water partition coefficient (Wildman–Crippen LogP) is 3.98. The van der Waals surface area contributed by atoms with Crippen molar-refractivity contribution in [3.63, 3.8) is 0 Å². The van der Waals surface area contributed by atoms with Crippen LogP contribution in [0.4, 0.5) is 10.2 Å². The second-order valence-electron chi connectivity index (χ2n) is 5.89. The Labute approximate surface area is 129 Å². The second kappa shape index (κ2) is 8.98. The average Bonchev–Trinajstić information content (AvgIpc) is 2.47. The van der Waals surface area contributed by atoms with E-state index < -0.39 is 0 Å². The molecule has 0 aliphatic heterocycles. The van der Waals surface area contributed by atoms with Crippen molar-refractivity contribution in [1.82, 2.24) is 10.3 Å². The molecule has 4 heteroatoms. The lowest BCUT2D eigenvalue weighted by Crippen LogP contribution is -2.32. The fourth-order valence-corrected chi connectivity index (χ4v) is 2.43. The second-order valence-corrected chi connectivity index (χ2v) is 5.89. The number of anilines is 1. The Bertz CT molecular complexity index is 416. The molecule has 0 unspecified atom stereocenters. The third-order valence-electron chi connectivity index (χ3n) is 3.92. The summed E-state index contributed by atoms with van der Waals surface area (Å²) < 4.78 is 13.5. The van der Waals surface area contributed by atoms with Gasteiger partial charge in [-0.05, 0) is 18.9 Å². The normalized spacial score (nSPS) is 11.4. The lowest BCUT2D eigenvalue weighted by molar-refractivity contribution is 0.482. The zero-order valence-electron chi connectivity index (χ0n) is 14.1. The van der Waals surface area contributed by atoms with E-state index in [0.29, 0.717) is 18.5 Å². The highest BCUT2D eigenvalue weighted by atomic mass is 19.1. The van der Waals surface area contributed by atoms with Crippen LogP contribution in [0.25, 0.3) is 0 Å². The quantitative estimate of drug-likeness (QED) is 0.747. The summed E-state index contributed by atoms with van der Waals surface area (Å²) in [6.45, 7) is 13.3. The maximum atomic E-state index is 13.5. The molecule has 1 heterocycles. The van der Waals surface area contributed by atoms with E-state index in [4.69, 9.17) is 0 Å². The Morgan fingerprint density at radius 3 is 2.43 bits per heavy atom. The molecule has 1 aromatic rings. The van der Waals surface area contributed by atoms with Crippen molar-refractivity contribution in [2.24, 2.45) is 5.92 Å². The minimum Gasteiger partial charge on any atom is -0.356 e. The first-order valence-corrected chi connectivity index (χ1v) is 8.14. The molecule has 0 aliphatic carbocycles. The van der Waals surface area contributed by atoms with Crippen molar-refractivity contribution in [1.29, 1.82) is 0 Å². The largest absolute Gasteiger partial charge is 0.356 e. The summed E-state index contributed by atoms with van der Waals surface area (Å²) in [5.74, 6) is 1.31. The lowest BCUT2D eigenvalue weighted by Gasteiger charge is -2.28. The minimum absolute atomic E-state index is 0.266. The van der Waals surface area contributed by atoms with Crippen LogP contribution in [0.5, 0.6) is 0 Å². The summed E-state index contributed by atoms with van der Waals surface area (Å²) in [6.07, 6.45) is 3.64. The van der Waals surface area contributed by atoms with Crippen LogP contribution in [0.15, 0.2) is 12.3 Å². The van der Waals surface area contributed by atoms with Crippen molar-refractivity contribution >= 4 is 5.82 Å². The standard InChI is InChI=1S/C17H30FN3/c1-6-14(7-2)12-21(8-3)17-15(10-19-13(4)5)9-16(18)11-20-17/h9,11,13-14,19H,6-8,10,12H2,1-5H3. The van der Waals surface area contributed by atoms with Gasteiger partial charge in [0.05, 0.1) is 6.20 Å². The summed E-state index contributed by atoms with van der Waals surface area (Å²) in [4.78, 5) is 6.63. The maximum Gasteiger partial charge on any atom is 0.141 e. The van der Waals surface area contributed by atoms with Gasteiger partial charge in [0.15, 0.2) is 0 Å². The van der Waals surface area contributed by atoms with E-state index in [1.807, 2.05) is 0 Å². The summed E-state index contributed by atoms with van der Waals surface area (Å²) >= 11 is 0. The summed E-state index contributed by atoms with van der Waals surface area (Å²) in [5.41, 5.74) is 0.941. The summed E-state index contributed by atoms with van der Waals surface area (Å²) in [6, 6.07) is 1.98. The SMILES string of the molecule is CCC(CC)CN(CC)c1ncc(F)cc1CNC(C)C. The number of halogens is 1. The van der Waals surface area contributed by atoms with E-state index >= 15 is 0 Å². The van der Waals surface area contributed by atoms with Crippen LogP contribution in [0.2, 0.25) is 0 Å². The molecule has 0 radical (unpaired) electrons. The van der Waals surface area contributed by atoms with E-state index in [2.05, 4.69) is 49.8 Å². The molecule has 0 saturated carbocycles. The van der Waals surface area contributed by atoms with Gasteiger partial charge < -0.3 is 10.2 Å².